The lowest BCUT2D eigenvalue weighted by Gasteiger charge is -2.30. The van der Waals surface area contributed by atoms with Gasteiger partial charge in [-0.05, 0) is 63.2 Å². The molecule has 0 radical (unpaired) electrons. The van der Waals surface area contributed by atoms with Crippen molar-refractivity contribution in [2.24, 2.45) is 0 Å². The maximum atomic E-state index is 12.4. The van der Waals surface area contributed by atoms with Crippen LogP contribution in [0.2, 0.25) is 0 Å². The number of carbonyl (C=O) groups excluding carboxylic acids is 1. The summed E-state index contributed by atoms with van der Waals surface area (Å²) in [4.78, 5) is 21.4. The zero-order chi connectivity index (χ0) is 20.1. The number of nitrogen functional groups attached to an aromatic ring is 1. The number of carbonyl (C=O) groups is 1. The Kier molecular flexibility index (Phi) is 4.20. The second kappa shape index (κ2) is 6.77. The Bertz CT molecular complexity index is 1100. The number of pyridine rings is 1. The van der Waals surface area contributed by atoms with E-state index in [0.29, 0.717) is 5.69 Å². The van der Waals surface area contributed by atoms with Crippen molar-refractivity contribution >= 4 is 22.9 Å². The van der Waals surface area contributed by atoms with E-state index >= 15 is 0 Å². The van der Waals surface area contributed by atoms with Gasteiger partial charge in [-0.15, -0.1) is 0 Å². The molecule has 2 N–H and O–H groups in total. The Labute approximate surface area is 169 Å². The van der Waals surface area contributed by atoms with Crippen molar-refractivity contribution in [1.29, 1.82) is 0 Å². The predicted octanol–water partition coefficient (Wildman–Crippen LogP) is 2.92. The minimum absolute atomic E-state index is 0.0466. The monoisotopic (exact) mass is 391 g/mol. The fourth-order valence-electron chi connectivity index (χ4n) is 4.30. The highest BCUT2D eigenvalue weighted by Gasteiger charge is 2.29. The molecule has 1 atom stereocenters. The number of hydrogen-bond donors (Lipinski definition) is 1. The highest BCUT2D eigenvalue weighted by molar-refractivity contribution is 6.00. The Morgan fingerprint density at radius 2 is 2.00 bits per heavy atom. The summed E-state index contributed by atoms with van der Waals surface area (Å²) in [5.74, 6) is 0.673. The van der Waals surface area contributed by atoms with E-state index in [0.717, 1.165) is 53.7 Å². The van der Waals surface area contributed by atoms with Crippen LogP contribution in [0.25, 0.3) is 16.9 Å². The van der Waals surface area contributed by atoms with E-state index in [1.54, 1.807) is 18.9 Å². The van der Waals surface area contributed by atoms with Gasteiger partial charge in [-0.1, -0.05) is 0 Å². The van der Waals surface area contributed by atoms with Crippen LogP contribution < -0.4 is 15.4 Å². The number of rotatable bonds is 3. The van der Waals surface area contributed by atoms with Crippen LogP contribution in [-0.4, -0.2) is 46.4 Å². The second-order valence-electron chi connectivity index (χ2n) is 7.92. The average Bonchev–Trinajstić information content (AvgIpc) is 3.35. The first-order valence-electron chi connectivity index (χ1n) is 10.1. The molecule has 150 valence electrons. The lowest BCUT2D eigenvalue weighted by atomic mass is 10.1. The standard InChI is InChI=1S/C22H25N5O2/c1-14-22(28)25(2)17-11-15(5-7-19(17)29-14)21-18(13-26-9-3-4-10-26)27-12-16(23)6-8-20(27)24-21/h5-8,11-12,14H,3-4,9-10,13,23H2,1-2H3. The normalized spacial score (nSPS) is 19.6. The van der Waals surface area contributed by atoms with E-state index in [2.05, 4.69) is 9.30 Å². The summed E-state index contributed by atoms with van der Waals surface area (Å²) in [5, 5.41) is 0. The molecule has 2 aromatic heterocycles. The minimum atomic E-state index is -0.470. The largest absolute Gasteiger partial charge is 0.479 e. The van der Waals surface area contributed by atoms with E-state index in [-0.39, 0.29) is 5.91 Å². The number of benzene rings is 1. The second-order valence-corrected chi connectivity index (χ2v) is 7.92. The van der Waals surface area contributed by atoms with Crippen LogP contribution in [0.3, 0.4) is 0 Å². The number of fused-ring (bicyclic) bond motifs is 2. The van der Waals surface area contributed by atoms with Gasteiger partial charge in [0.15, 0.2) is 6.10 Å². The molecule has 0 spiro atoms. The molecule has 3 aromatic rings. The van der Waals surface area contributed by atoms with Crippen molar-refractivity contribution in [1.82, 2.24) is 14.3 Å². The van der Waals surface area contributed by atoms with Crippen molar-refractivity contribution in [3.63, 3.8) is 0 Å². The molecule has 1 amide bonds. The molecule has 0 saturated carbocycles. The van der Waals surface area contributed by atoms with Gasteiger partial charge in [0, 0.05) is 31.0 Å². The van der Waals surface area contributed by atoms with Crippen LogP contribution in [0, 0.1) is 0 Å². The molecule has 7 heteroatoms. The van der Waals surface area contributed by atoms with Gasteiger partial charge in [-0.3, -0.25) is 9.69 Å². The van der Waals surface area contributed by atoms with Crippen LogP contribution in [0.15, 0.2) is 36.5 Å². The molecule has 0 aliphatic carbocycles. The van der Waals surface area contributed by atoms with Gasteiger partial charge in [0.2, 0.25) is 0 Å². The molecule has 1 saturated heterocycles. The van der Waals surface area contributed by atoms with Crippen molar-refractivity contribution < 1.29 is 9.53 Å². The number of imidazole rings is 1. The summed E-state index contributed by atoms with van der Waals surface area (Å²) in [6.07, 6.45) is 3.93. The number of likely N-dealkylation sites (tertiary alicyclic amines) is 1. The van der Waals surface area contributed by atoms with E-state index in [1.165, 1.54) is 12.8 Å². The zero-order valence-electron chi connectivity index (χ0n) is 16.8. The molecule has 4 heterocycles. The molecule has 1 fully saturated rings. The van der Waals surface area contributed by atoms with Crippen molar-refractivity contribution in [2.75, 3.05) is 30.8 Å². The van der Waals surface area contributed by atoms with Gasteiger partial charge in [0.25, 0.3) is 5.91 Å². The predicted molar refractivity (Wildman–Crippen MR) is 113 cm³/mol. The summed E-state index contributed by atoms with van der Waals surface area (Å²) >= 11 is 0. The summed E-state index contributed by atoms with van der Waals surface area (Å²) in [7, 11) is 1.79. The number of ether oxygens (including phenoxy) is 1. The number of anilines is 2. The molecular weight excluding hydrogens is 366 g/mol. The third-order valence-corrected chi connectivity index (χ3v) is 5.89. The Balaban J connectivity index is 1.64. The van der Waals surface area contributed by atoms with Crippen LogP contribution in [-0.2, 0) is 11.3 Å². The maximum absolute atomic E-state index is 12.4. The van der Waals surface area contributed by atoms with Crippen molar-refractivity contribution in [3.8, 4) is 17.0 Å². The summed E-state index contributed by atoms with van der Waals surface area (Å²) in [5.41, 5.74) is 11.4. The molecule has 5 rings (SSSR count). The van der Waals surface area contributed by atoms with Gasteiger partial charge in [-0.2, -0.15) is 0 Å². The smallest absolute Gasteiger partial charge is 0.267 e. The quantitative estimate of drug-likeness (QED) is 0.743. The molecular formula is C22H25N5O2. The molecule has 2 aliphatic rings. The molecule has 7 nitrogen and oxygen atoms in total. The van der Waals surface area contributed by atoms with Gasteiger partial charge in [0.1, 0.15) is 11.4 Å². The van der Waals surface area contributed by atoms with Gasteiger partial charge in [0.05, 0.1) is 17.1 Å². The van der Waals surface area contributed by atoms with Crippen LogP contribution in [0.5, 0.6) is 5.75 Å². The highest BCUT2D eigenvalue weighted by atomic mass is 16.5. The number of nitrogens with two attached hydrogens (primary N) is 1. The first-order valence-corrected chi connectivity index (χ1v) is 10.1. The summed E-state index contributed by atoms with van der Waals surface area (Å²) in [6, 6.07) is 9.78. The van der Waals surface area contributed by atoms with Gasteiger partial charge >= 0.3 is 0 Å². The highest BCUT2D eigenvalue weighted by Crippen LogP contribution is 2.38. The van der Waals surface area contributed by atoms with E-state index in [1.807, 2.05) is 36.5 Å². The zero-order valence-corrected chi connectivity index (χ0v) is 16.8. The lowest BCUT2D eigenvalue weighted by molar-refractivity contribution is -0.125. The Morgan fingerprint density at radius 3 is 2.79 bits per heavy atom. The molecule has 2 aliphatic heterocycles. The summed E-state index contributed by atoms with van der Waals surface area (Å²) in [6.45, 7) is 4.79. The fraction of sp³-hybridized carbons (Fsp3) is 0.364. The summed E-state index contributed by atoms with van der Waals surface area (Å²) < 4.78 is 7.87. The molecule has 1 aromatic carbocycles. The number of nitrogens with zero attached hydrogens (tertiary/aromatic N) is 4. The SMILES string of the molecule is CC1Oc2ccc(-c3nc4ccc(N)cn4c3CN3CCCC3)cc2N(C)C1=O. The first kappa shape index (κ1) is 18.0. The average molecular weight is 391 g/mol. The third-order valence-electron chi connectivity index (χ3n) is 5.89. The molecule has 0 bridgehead atoms. The van der Waals surface area contributed by atoms with Crippen molar-refractivity contribution in [3.05, 3.63) is 42.2 Å². The van der Waals surface area contributed by atoms with Crippen molar-refractivity contribution in [2.45, 2.75) is 32.4 Å². The van der Waals surface area contributed by atoms with Crippen LogP contribution in [0.1, 0.15) is 25.5 Å². The van der Waals surface area contributed by atoms with Crippen LogP contribution >= 0.6 is 0 Å². The Hall–Kier alpha value is -3.06. The Morgan fingerprint density at radius 1 is 1.21 bits per heavy atom. The van der Waals surface area contributed by atoms with Crippen LogP contribution in [0.4, 0.5) is 11.4 Å². The number of hydrogen-bond acceptors (Lipinski definition) is 5. The van der Waals surface area contributed by atoms with E-state index in [9.17, 15) is 4.79 Å². The molecule has 29 heavy (non-hydrogen) atoms. The van der Waals surface area contributed by atoms with E-state index < -0.39 is 6.10 Å². The first-order chi connectivity index (χ1) is 14.0. The van der Waals surface area contributed by atoms with E-state index in [4.69, 9.17) is 15.5 Å². The van der Waals surface area contributed by atoms with Gasteiger partial charge in [-0.25, -0.2) is 4.98 Å². The van der Waals surface area contributed by atoms with Gasteiger partial charge < -0.3 is 19.8 Å². The number of aromatic nitrogens is 2. The maximum Gasteiger partial charge on any atom is 0.267 e. The molecule has 1 unspecified atom stereocenters. The minimum Gasteiger partial charge on any atom is -0.479 e. The topological polar surface area (TPSA) is 76.1 Å². The number of amides is 1. The number of likely N-dealkylation sites (N-methyl/N-ethyl adjacent to an activating group) is 1. The fourth-order valence-corrected chi connectivity index (χ4v) is 4.30. The third kappa shape index (κ3) is 3.02. The lowest BCUT2D eigenvalue weighted by Crippen LogP contribution is -2.41.